The van der Waals surface area contributed by atoms with E-state index >= 15 is 0 Å². The Morgan fingerprint density at radius 2 is 1.63 bits per heavy atom. The maximum absolute atomic E-state index is 13.8. The fourth-order valence-electron chi connectivity index (χ4n) is 7.26. The molecule has 4 amide bonds. The van der Waals surface area contributed by atoms with Crippen LogP contribution in [-0.4, -0.2) is 81.5 Å². The molecule has 2 heterocycles. The highest BCUT2D eigenvalue weighted by Crippen LogP contribution is 2.39. The number of benzene rings is 2. The number of amides is 4. The van der Waals surface area contributed by atoms with Crippen LogP contribution in [0.2, 0.25) is 0 Å². The number of hydrogen-bond donors (Lipinski definition) is 5. The molecule has 1 saturated heterocycles. The SMILES string of the molecule is CC(C)(C)NC(=O)C1CC2CCCCC2CN1C[C@@H](O)[C@H](Cc1ccccc1)NC(=O)[C@H](CC(N)=O)NC(=O)c1ccc2ccccc2n1. The number of aliphatic hydroxyl groups is 1. The van der Waals surface area contributed by atoms with E-state index in [9.17, 15) is 24.3 Å². The normalized spacial score (nSPS) is 21.5. The fraction of sp³-hybridized carbons (Fsp3) is 0.500. The predicted octanol–water partition coefficient (Wildman–Crippen LogP) is 3.09. The second-order valence-electron chi connectivity index (χ2n) is 14.7. The van der Waals surface area contributed by atoms with Crippen LogP contribution in [0.1, 0.15) is 75.3 Å². The molecule has 0 radical (unpaired) electrons. The lowest BCUT2D eigenvalue weighted by Gasteiger charge is -2.47. The van der Waals surface area contributed by atoms with Crippen LogP contribution >= 0.6 is 0 Å². The zero-order valence-electron chi connectivity index (χ0n) is 28.7. The highest BCUT2D eigenvalue weighted by Gasteiger charge is 2.42. The third kappa shape index (κ3) is 9.86. The summed E-state index contributed by atoms with van der Waals surface area (Å²) in [6.45, 7) is 6.73. The lowest BCUT2D eigenvalue weighted by atomic mass is 9.72. The number of para-hydroxylation sites is 1. The summed E-state index contributed by atoms with van der Waals surface area (Å²) in [5.41, 5.74) is 6.70. The Morgan fingerprint density at radius 1 is 0.939 bits per heavy atom. The Balaban J connectivity index is 1.35. The van der Waals surface area contributed by atoms with Crippen molar-refractivity contribution < 1.29 is 24.3 Å². The molecule has 1 aliphatic carbocycles. The molecule has 11 heteroatoms. The first-order valence-corrected chi connectivity index (χ1v) is 17.4. The number of primary amides is 1. The van der Waals surface area contributed by atoms with Gasteiger partial charge in [0.1, 0.15) is 11.7 Å². The van der Waals surface area contributed by atoms with Gasteiger partial charge in [0.2, 0.25) is 17.7 Å². The molecule has 2 fully saturated rings. The first-order chi connectivity index (χ1) is 23.4. The van der Waals surface area contributed by atoms with E-state index in [0.29, 0.717) is 23.9 Å². The predicted molar refractivity (Wildman–Crippen MR) is 188 cm³/mol. The van der Waals surface area contributed by atoms with Gasteiger partial charge in [0, 0.05) is 24.0 Å². The van der Waals surface area contributed by atoms with E-state index in [4.69, 9.17) is 5.73 Å². The molecular weight excluding hydrogens is 620 g/mol. The van der Waals surface area contributed by atoms with Gasteiger partial charge in [-0.1, -0.05) is 73.9 Å². The molecule has 5 rings (SSSR count). The topological polar surface area (TPSA) is 167 Å². The minimum absolute atomic E-state index is 0.0566. The van der Waals surface area contributed by atoms with Crippen LogP contribution in [0.3, 0.4) is 0 Å². The van der Waals surface area contributed by atoms with Crippen molar-refractivity contribution in [3.8, 4) is 0 Å². The van der Waals surface area contributed by atoms with Gasteiger partial charge in [-0.15, -0.1) is 0 Å². The van der Waals surface area contributed by atoms with Crippen molar-refractivity contribution in [2.45, 2.75) is 95.5 Å². The molecule has 1 aromatic heterocycles. The maximum atomic E-state index is 13.8. The third-order valence-corrected chi connectivity index (χ3v) is 9.67. The molecule has 11 nitrogen and oxygen atoms in total. The summed E-state index contributed by atoms with van der Waals surface area (Å²) in [7, 11) is 0. The molecule has 6 atom stereocenters. The number of nitrogens with one attached hydrogen (secondary N) is 3. The molecule has 2 aromatic carbocycles. The molecule has 1 saturated carbocycles. The summed E-state index contributed by atoms with van der Waals surface area (Å²) in [5.74, 6) is -1.20. The molecule has 1 aliphatic heterocycles. The van der Waals surface area contributed by atoms with Crippen molar-refractivity contribution in [2.24, 2.45) is 17.6 Å². The molecule has 3 unspecified atom stereocenters. The minimum atomic E-state index is -1.30. The number of fused-ring (bicyclic) bond motifs is 2. The maximum Gasteiger partial charge on any atom is 0.270 e. The molecule has 49 heavy (non-hydrogen) atoms. The first kappa shape index (κ1) is 35.9. The first-order valence-electron chi connectivity index (χ1n) is 17.4. The lowest BCUT2D eigenvalue weighted by Crippen LogP contribution is -2.61. The standard InChI is InChI=1S/C38H50N6O5/c1-38(2,3)43-37(49)32-20-26-14-7-8-15-27(26)22-44(32)23-33(45)30(19-24-11-5-4-6-12-24)41-36(48)31(21-34(39)46)42-35(47)29-18-17-25-13-9-10-16-28(25)40-29/h4-6,9-13,16-18,26-27,30-33,45H,7-8,14-15,19-23H2,1-3H3,(H2,39,46)(H,41,48)(H,42,47)(H,43,49)/t26?,27?,30-,31-,32?,33+/m0/s1. The van der Waals surface area contributed by atoms with Crippen LogP contribution in [0.4, 0.5) is 0 Å². The summed E-state index contributed by atoms with van der Waals surface area (Å²) in [5, 5.41) is 21.4. The van der Waals surface area contributed by atoms with Gasteiger partial charge in [-0.05, 0) is 69.6 Å². The minimum Gasteiger partial charge on any atom is -0.390 e. The molecule has 6 N–H and O–H groups in total. The van der Waals surface area contributed by atoms with E-state index in [-0.39, 0.29) is 24.6 Å². The van der Waals surface area contributed by atoms with Gasteiger partial charge >= 0.3 is 0 Å². The number of β-amino-alcohol motifs (C(OH)–C–C–N with tert-alkyl or cyclic N) is 1. The van der Waals surface area contributed by atoms with Crippen molar-refractivity contribution in [1.82, 2.24) is 25.8 Å². The number of pyridine rings is 1. The quantitative estimate of drug-likeness (QED) is 0.198. The number of nitrogens with zero attached hydrogens (tertiary/aromatic N) is 2. The van der Waals surface area contributed by atoms with Gasteiger partial charge < -0.3 is 26.8 Å². The Bertz CT molecular complexity index is 1630. The fourth-order valence-corrected chi connectivity index (χ4v) is 7.26. The Kier molecular flexibility index (Phi) is 11.7. The molecule has 0 bridgehead atoms. The van der Waals surface area contributed by atoms with Crippen molar-refractivity contribution in [3.05, 3.63) is 78.0 Å². The van der Waals surface area contributed by atoms with E-state index in [0.717, 1.165) is 36.6 Å². The summed E-state index contributed by atoms with van der Waals surface area (Å²) in [6, 6.07) is 17.6. The smallest absolute Gasteiger partial charge is 0.270 e. The van der Waals surface area contributed by atoms with Crippen LogP contribution in [0.25, 0.3) is 10.9 Å². The van der Waals surface area contributed by atoms with Crippen LogP contribution in [-0.2, 0) is 20.8 Å². The number of carbonyl (C=O) groups excluding carboxylic acids is 4. The zero-order valence-corrected chi connectivity index (χ0v) is 28.7. The molecule has 3 aromatic rings. The van der Waals surface area contributed by atoms with Gasteiger partial charge in [0.15, 0.2) is 0 Å². The van der Waals surface area contributed by atoms with E-state index in [2.05, 4.69) is 25.8 Å². The molecular formula is C38H50N6O5. The second-order valence-corrected chi connectivity index (χ2v) is 14.7. The van der Waals surface area contributed by atoms with E-state index in [1.807, 2.05) is 69.3 Å². The van der Waals surface area contributed by atoms with Crippen LogP contribution < -0.4 is 21.7 Å². The molecule has 262 valence electrons. The number of nitrogens with two attached hydrogens (primary N) is 1. The largest absolute Gasteiger partial charge is 0.390 e. The average molecular weight is 671 g/mol. The molecule has 2 aliphatic rings. The van der Waals surface area contributed by atoms with E-state index in [1.54, 1.807) is 18.2 Å². The number of piperidine rings is 1. The lowest BCUT2D eigenvalue weighted by molar-refractivity contribution is -0.133. The second kappa shape index (κ2) is 15.9. The Morgan fingerprint density at radius 3 is 2.35 bits per heavy atom. The summed E-state index contributed by atoms with van der Waals surface area (Å²) in [6.07, 6.45) is 4.03. The molecule has 0 spiro atoms. The highest BCUT2D eigenvalue weighted by molar-refractivity contribution is 5.99. The zero-order chi connectivity index (χ0) is 35.1. The average Bonchev–Trinajstić information content (AvgIpc) is 3.06. The van der Waals surface area contributed by atoms with Crippen LogP contribution in [0, 0.1) is 11.8 Å². The van der Waals surface area contributed by atoms with Crippen LogP contribution in [0.15, 0.2) is 66.7 Å². The Labute approximate surface area is 288 Å². The number of likely N-dealkylation sites (tertiary alicyclic amines) is 1. The number of carbonyl (C=O) groups is 4. The van der Waals surface area contributed by atoms with Crippen molar-refractivity contribution in [1.29, 1.82) is 0 Å². The van der Waals surface area contributed by atoms with E-state index < -0.39 is 53.9 Å². The van der Waals surface area contributed by atoms with Crippen molar-refractivity contribution in [2.75, 3.05) is 13.1 Å². The van der Waals surface area contributed by atoms with Crippen LogP contribution in [0.5, 0.6) is 0 Å². The van der Waals surface area contributed by atoms with Crippen molar-refractivity contribution >= 4 is 34.5 Å². The van der Waals surface area contributed by atoms with Gasteiger partial charge in [0.05, 0.1) is 30.1 Å². The van der Waals surface area contributed by atoms with Gasteiger partial charge in [-0.2, -0.15) is 0 Å². The van der Waals surface area contributed by atoms with E-state index in [1.165, 1.54) is 6.42 Å². The summed E-state index contributed by atoms with van der Waals surface area (Å²) < 4.78 is 0. The van der Waals surface area contributed by atoms with Gasteiger partial charge in [0.25, 0.3) is 5.91 Å². The van der Waals surface area contributed by atoms with Crippen molar-refractivity contribution in [3.63, 3.8) is 0 Å². The number of aromatic nitrogens is 1. The summed E-state index contributed by atoms with van der Waals surface area (Å²) >= 11 is 0. The third-order valence-electron chi connectivity index (χ3n) is 9.67. The number of aliphatic hydroxyl groups excluding tert-OH is 1. The highest BCUT2D eigenvalue weighted by atomic mass is 16.3. The van der Waals surface area contributed by atoms with Gasteiger partial charge in [-0.25, -0.2) is 4.98 Å². The van der Waals surface area contributed by atoms with Gasteiger partial charge in [-0.3, -0.25) is 24.1 Å². The monoisotopic (exact) mass is 670 g/mol. The number of rotatable bonds is 12. The number of hydrogen-bond acceptors (Lipinski definition) is 7. The Hall–Kier alpha value is -4.35. The summed E-state index contributed by atoms with van der Waals surface area (Å²) in [4.78, 5) is 59.3.